The molecule has 0 amide bonds. The minimum Gasteiger partial charge on any atom is -0.469 e. The van der Waals surface area contributed by atoms with Crippen LogP contribution in [-0.2, 0) is 42.9 Å². The Kier molecular flexibility index (Phi) is 7.40. The number of hydrogen-bond acceptors (Lipinski definition) is 9. The third-order valence-electron chi connectivity index (χ3n) is 5.50. The summed E-state index contributed by atoms with van der Waals surface area (Å²) in [6.45, 7) is 4.81. The van der Waals surface area contributed by atoms with Crippen molar-refractivity contribution >= 4 is 23.9 Å². The minimum absolute atomic E-state index is 0.0118. The van der Waals surface area contributed by atoms with Crippen molar-refractivity contribution in [2.24, 2.45) is 23.2 Å². The maximum absolute atomic E-state index is 12.9. The van der Waals surface area contributed by atoms with Gasteiger partial charge in [0, 0.05) is 25.7 Å². The van der Waals surface area contributed by atoms with Crippen LogP contribution in [0.3, 0.4) is 0 Å². The van der Waals surface area contributed by atoms with Crippen LogP contribution in [0.1, 0.15) is 40.0 Å². The molecule has 2 aliphatic rings. The largest absolute Gasteiger partial charge is 0.469 e. The third-order valence-corrected chi connectivity index (χ3v) is 5.50. The van der Waals surface area contributed by atoms with Gasteiger partial charge in [0.15, 0.2) is 5.41 Å². The molecule has 1 aliphatic heterocycles. The van der Waals surface area contributed by atoms with Crippen LogP contribution in [0.2, 0.25) is 0 Å². The minimum atomic E-state index is -1.56. The lowest BCUT2D eigenvalue weighted by molar-refractivity contribution is -0.210. The van der Waals surface area contributed by atoms with E-state index in [1.807, 2.05) is 0 Å². The molecule has 1 aliphatic carbocycles. The van der Waals surface area contributed by atoms with E-state index >= 15 is 0 Å². The van der Waals surface area contributed by atoms with Crippen molar-refractivity contribution < 1.29 is 42.9 Å². The molecule has 4 atom stereocenters. The normalized spacial score (nSPS) is 28.0. The Bertz CT molecular complexity index is 597. The van der Waals surface area contributed by atoms with E-state index in [2.05, 4.69) is 0 Å². The van der Waals surface area contributed by atoms with Crippen molar-refractivity contribution in [3.63, 3.8) is 0 Å². The first-order valence-corrected chi connectivity index (χ1v) is 9.50. The Morgan fingerprint density at radius 2 is 1.68 bits per heavy atom. The summed E-state index contributed by atoms with van der Waals surface area (Å²) in [4.78, 5) is 49.1. The van der Waals surface area contributed by atoms with Crippen molar-refractivity contribution in [1.82, 2.24) is 0 Å². The predicted octanol–water partition coefficient (Wildman–Crippen LogP) is 1.22. The van der Waals surface area contributed by atoms with Gasteiger partial charge in [-0.15, -0.1) is 0 Å². The predicted molar refractivity (Wildman–Crippen MR) is 93.5 cm³/mol. The van der Waals surface area contributed by atoms with Crippen LogP contribution < -0.4 is 0 Å². The molecule has 9 nitrogen and oxygen atoms in total. The number of carbonyl (C=O) groups excluding carboxylic acids is 4. The van der Waals surface area contributed by atoms with Gasteiger partial charge in [-0.1, -0.05) is 0 Å². The smallest absolute Gasteiger partial charge is 0.323 e. The van der Waals surface area contributed by atoms with E-state index in [1.165, 1.54) is 14.0 Å². The highest BCUT2D eigenvalue weighted by molar-refractivity contribution is 6.01. The van der Waals surface area contributed by atoms with Gasteiger partial charge in [0.25, 0.3) is 0 Å². The highest BCUT2D eigenvalue weighted by Gasteiger charge is 2.65. The molecular formula is C19H28O9. The molecule has 158 valence electrons. The first-order valence-electron chi connectivity index (χ1n) is 9.50. The Labute approximate surface area is 164 Å². The van der Waals surface area contributed by atoms with Crippen molar-refractivity contribution in [1.29, 1.82) is 0 Å². The highest BCUT2D eigenvalue weighted by Crippen LogP contribution is 2.56. The lowest BCUT2D eigenvalue weighted by Crippen LogP contribution is -2.50. The SMILES string of the molecule is CCOC(=O)C1(C(=O)OCC)C[C@@H](CC(=O)OC)[C@H]2CC(OC(C)=O)OC[C@H]21. The average molecular weight is 400 g/mol. The van der Waals surface area contributed by atoms with Crippen LogP contribution in [0, 0.1) is 23.2 Å². The van der Waals surface area contributed by atoms with E-state index in [0.717, 1.165) is 0 Å². The van der Waals surface area contributed by atoms with Gasteiger partial charge in [-0.3, -0.25) is 19.2 Å². The fourth-order valence-corrected chi connectivity index (χ4v) is 4.39. The molecular weight excluding hydrogens is 372 g/mol. The fraction of sp³-hybridized carbons (Fsp3) is 0.789. The van der Waals surface area contributed by atoms with Gasteiger partial charge >= 0.3 is 23.9 Å². The standard InChI is InChI=1S/C19H28O9/c1-5-25-17(22)19(18(23)26-6-2)9-12(7-15(21)24-4)13-8-16(28-11(3)20)27-10-14(13)19/h12-14,16H,5-10H2,1-4H3/t12-,13-,14-,16?/m1/s1. The van der Waals surface area contributed by atoms with Gasteiger partial charge in [0.2, 0.25) is 6.29 Å². The van der Waals surface area contributed by atoms with E-state index in [9.17, 15) is 19.2 Å². The Morgan fingerprint density at radius 1 is 1.07 bits per heavy atom. The van der Waals surface area contributed by atoms with Crippen LogP contribution in [0.15, 0.2) is 0 Å². The quantitative estimate of drug-likeness (QED) is 0.353. The average Bonchev–Trinajstić information content (AvgIpc) is 2.96. The van der Waals surface area contributed by atoms with Gasteiger partial charge in [0.05, 0.1) is 26.9 Å². The monoisotopic (exact) mass is 400 g/mol. The molecule has 0 N–H and O–H groups in total. The molecule has 0 aromatic heterocycles. The summed E-state index contributed by atoms with van der Waals surface area (Å²) in [7, 11) is 1.28. The van der Waals surface area contributed by atoms with Gasteiger partial charge in [-0.05, 0) is 32.1 Å². The van der Waals surface area contributed by atoms with Crippen LogP contribution in [0.4, 0.5) is 0 Å². The second kappa shape index (κ2) is 9.36. The highest BCUT2D eigenvalue weighted by atomic mass is 16.7. The van der Waals surface area contributed by atoms with E-state index in [-0.39, 0.29) is 50.9 Å². The van der Waals surface area contributed by atoms with E-state index in [4.69, 9.17) is 23.7 Å². The van der Waals surface area contributed by atoms with Gasteiger partial charge in [-0.2, -0.15) is 0 Å². The summed E-state index contributed by atoms with van der Waals surface area (Å²) >= 11 is 0. The molecule has 2 rings (SSSR count). The number of fused-ring (bicyclic) bond motifs is 1. The summed E-state index contributed by atoms with van der Waals surface area (Å²) < 4.78 is 26.0. The zero-order chi connectivity index (χ0) is 20.9. The number of rotatable bonds is 7. The molecule has 0 radical (unpaired) electrons. The van der Waals surface area contributed by atoms with Crippen LogP contribution in [0.5, 0.6) is 0 Å². The number of esters is 4. The zero-order valence-electron chi connectivity index (χ0n) is 16.7. The van der Waals surface area contributed by atoms with Crippen LogP contribution in [-0.4, -0.2) is 57.1 Å². The van der Waals surface area contributed by atoms with Crippen molar-refractivity contribution in [3.8, 4) is 0 Å². The first-order chi connectivity index (χ1) is 13.3. The molecule has 2 fully saturated rings. The summed E-state index contributed by atoms with van der Waals surface area (Å²) in [5.74, 6) is -3.45. The summed E-state index contributed by atoms with van der Waals surface area (Å²) in [5, 5.41) is 0. The fourth-order valence-electron chi connectivity index (χ4n) is 4.39. The van der Waals surface area contributed by atoms with Gasteiger partial charge in [-0.25, -0.2) is 0 Å². The number of hydrogen-bond donors (Lipinski definition) is 0. The molecule has 0 spiro atoms. The number of carbonyl (C=O) groups is 4. The number of methoxy groups -OCH3 is 1. The summed E-state index contributed by atoms with van der Waals surface area (Å²) in [6, 6.07) is 0. The number of ether oxygens (including phenoxy) is 5. The van der Waals surface area contributed by atoms with Crippen LogP contribution in [0.25, 0.3) is 0 Å². The van der Waals surface area contributed by atoms with E-state index in [1.54, 1.807) is 13.8 Å². The molecule has 1 saturated carbocycles. The molecule has 1 unspecified atom stereocenters. The molecule has 9 heteroatoms. The Balaban J connectivity index is 2.40. The van der Waals surface area contributed by atoms with Gasteiger partial charge < -0.3 is 23.7 Å². The lowest BCUT2D eigenvalue weighted by atomic mass is 9.73. The summed E-state index contributed by atoms with van der Waals surface area (Å²) in [5.41, 5.74) is -1.56. The molecule has 0 aromatic carbocycles. The topological polar surface area (TPSA) is 114 Å². The summed E-state index contributed by atoms with van der Waals surface area (Å²) in [6.07, 6.45) is -0.401. The van der Waals surface area contributed by atoms with Crippen molar-refractivity contribution in [2.75, 3.05) is 26.9 Å². The lowest BCUT2D eigenvalue weighted by Gasteiger charge is -2.38. The molecule has 1 saturated heterocycles. The molecule has 28 heavy (non-hydrogen) atoms. The second-order valence-electron chi connectivity index (χ2n) is 7.04. The van der Waals surface area contributed by atoms with E-state index in [0.29, 0.717) is 0 Å². The van der Waals surface area contributed by atoms with Crippen molar-refractivity contribution in [2.45, 2.75) is 46.3 Å². The maximum atomic E-state index is 12.9. The van der Waals surface area contributed by atoms with Crippen LogP contribution >= 0.6 is 0 Å². The Hall–Kier alpha value is -2.16. The molecule has 0 bridgehead atoms. The first kappa shape index (κ1) is 22.1. The Morgan fingerprint density at radius 3 is 2.18 bits per heavy atom. The third kappa shape index (κ3) is 4.29. The maximum Gasteiger partial charge on any atom is 0.323 e. The second-order valence-corrected chi connectivity index (χ2v) is 7.04. The zero-order valence-corrected chi connectivity index (χ0v) is 16.7. The molecule has 1 heterocycles. The van der Waals surface area contributed by atoms with E-state index < -0.39 is 41.5 Å². The van der Waals surface area contributed by atoms with Gasteiger partial charge in [0.1, 0.15) is 0 Å². The molecule has 0 aromatic rings. The van der Waals surface area contributed by atoms with Crippen molar-refractivity contribution in [3.05, 3.63) is 0 Å².